The summed E-state index contributed by atoms with van der Waals surface area (Å²) in [4.78, 5) is 0. The lowest BCUT2D eigenvalue weighted by molar-refractivity contribution is 0.0818. The van der Waals surface area contributed by atoms with Gasteiger partial charge in [-0.3, -0.25) is 0 Å². The van der Waals surface area contributed by atoms with E-state index in [9.17, 15) is 0 Å². The van der Waals surface area contributed by atoms with E-state index in [2.05, 4.69) is 19.0 Å². The molecule has 0 atom stereocenters. The summed E-state index contributed by atoms with van der Waals surface area (Å²) in [5.41, 5.74) is 7.23. The SMILES string of the molecule is Cc1ccc(OCCOCC(C)C)c(/C(N)=N/O)c1. The van der Waals surface area contributed by atoms with Crippen molar-refractivity contribution >= 4 is 5.84 Å². The Labute approximate surface area is 114 Å². The van der Waals surface area contributed by atoms with Crippen molar-refractivity contribution in [3.63, 3.8) is 0 Å². The lowest BCUT2D eigenvalue weighted by Gasteiger charge is -2.12. The molecule has 1 rings (SSSR count). The summed E-state index contributed by atoms with van der Waals surface area (Å²) < 4.78 is 11.0. The maximum atomic E-state index is 8.76. The van der Waals surface area contributed by atoms with Crippen molar-refractivity contribution in [2.45, 2.75) is 20.8 Å². The smallest absolute Gasteiger partial charge is 0.173 e. The number of rotatable bonds is 7. The number of oxime groups is 1. The lowest BCUT2D eigenvalue weighted by atomic mass is 10.1. The number of amidine groups is 1. The third-order valence-electron chi connectivity index (χ3n) is 2.46. The van der Waals surface area contributed by atoms with Gasteiger partial charge in [0.05, 0.1) is 12.2 Å². The first-order valence-electron chi connectivity index (χ1n) is 6.33. The van der Waals surface area contributed by atoms with E-state index in [0.717, 1.165) is 5.56 Å². The molecule has 5 heteroatoms. The lowest BCUT2D eigenvalue weighted by Crippen LogP contribution is -2.16. The molecule has 0 aliphatic heterocycles. The highest BCUT2D eigenvalue weighted by Crippen LogP contribution is 2.19. The Balaban J connectivity index is 2.58. The van der Waals surface area contributed by atoms with E-state index in [1.807, 2.05) is 25.1 Å². The number of hydrogen-bond donors (Lipinski definition) is 2. The van der Waals surface area contributed by atoms with Crippen molar-refractivity contribution in [1.82, 2.24) is 0 Å². The van der Waals surface area contributed by atoms with E-state index in [1.54, 1.807) is 0 Å². The molecular formula is C14H22N2O3. The monoisotopic (exact) mass is 266 g/mol. The summed E-state index contributed by atoms with van der Waals surface area (Å²) in [7, 11) is 0. The molecule has 0 aliphatic carbocycles. The van der Waals surface area contributed by atoms with Gasteiger partial charge in [0.15, 0.2) is 5.84 Å². The van der Waals surface area contributed by atoms with Crippen LogP contribution in [0, 0.1) is 12.8 Å². The van der Waals surface area contributed by atoms with Crippen LogP contribution in [0.25, 0.3) is 0 Å². The first kappa shape index (κ1) is 15.3. The summed E-state index contributed by atoms with van der Waals surface area (Å²) in [5, 5.41) is 11.8. The molecule has 0 radical (unpaired) electrons. The van der Waals surface area contributed by atoms with Crippen LogP contribution in [0.15, 0.2) is 23.4 Å². The van der Waals surface area contributed by atoms with E-state index in [1.165, 1.54) is 0 Å². The first-order valence-corrected chi connectivity index (χ1v) is 6.33. The fourth-order valence-corrected chi connectivity index (χ4v) is 1.55. The zero-order valence-corrected chi connectivity index (χ0v) is 11.7. The molecule has 0 saturated heterocycles. The average molecular weight is 266 g/mol. The summed E-state index contributed by atoms with van der Waals surface area (Å²) >= 11 is 0. The molecule has 3 N–H and O–H groups in total. The van der Waals surface area contributed by atoms with Gasteiger partial charge in [0.25, 0.3) is 0 Å². The van der Waals surface area contributed by atoms with Crippen LogP contribution in [0.3, 0.4) is 0 Å². The summed E-state index contributed by atoms with van der Waals surface area (Å²) in [6, 6.07) is 5.54. The third-order valence-corrected chi connectivity index (χ3v) is 2.46. The first-order chi connectivity index (χ1) is 9.04. The summed E-state index contributed by atoms with van der Waals surface area (Å²) in [5.74, 6) is 1.14. The topological polar surface area (TPSA) is 77.1 Å². The highest BCUT2D eigenvalue weighted by molar-refractivity contribution is 5.99. The number of nitrogens with zero attached hydrogens (tertiary/aromatic N) is 1. The van der Waals surface area contributed by atoms with E-state index in [0.29, 0.717) is 37.1 Å². The van der Waals surface area contributed by atoms with Gasteiger partial charge in [-0.2, -0.15) is 0 Å². The minimum atomic E-state index is 0.0433. The molecule has 5 nitrogen and oxygen atoms in total. The Morgan fingerprint density at radius 3 is 2.74 bits per heavy atom. The van der Waals surface area contributed by atoms with Crippen LogP contribution in [0.4, 0.5) is 0 Å². The van der Waals surface area contributed by atoms with Crippen LogP contribution in [0.1, 0.15) is 25.0 Å². The van der Waals surface area contributed by atoms with Gasteiger partial charge >= 0.3 is 0 Å². The van der Waals surface area contributed by atoms with Crippen LogP contribution in [-0.4, -0.2) is 30.9 Å². The molecule has 1 aromatic rings. The second kappa shape index (κ2) is 7.63. The van der Waals surface area contributed by atoms with Crippen LogP contribution in [-0.2, 0) is 4.74 Å². The van der Waals surface area contributed by atoms with Gasteiger partial charge in [0.2, 0.25) is 0 Å². The average Bonchev–Trinajstić information content (AvgIpc) is 2.38. The van der Waals surface area contributed by atoms with Gasteiger partial charge in [-0.15, -0.1) is 0 Å². The number of aryl methyl sites for hydroxylation is 1. The summed E-state index contributed by atoms with van der Waals surface area (Å²) in [6.07, 6.45) is 0. The van der Waals surface area contributed by atoms with Gasteiger partial charge in [-0.05, 0) is 25.0 Å². The highest BCUT2D eigenvalue weighted by Gasteiger charge is 2.08. The highest BCUT2D eigenvalue weighted by atomic mass is 16.5. The van der Waals surface area contributed by atoms with Crippen molar-refractivity contribution in [1.29, 1.82) is 0 Å². The molecule has 0 aliphatic rings. The van der Waals surface area contributed by atoms with Gasteiger partial charge in [-0.1, -0.05) is 30.6 Å². The number of benzene rings is 1. The van der Waals surface area contributed by atoms with Crippen molar-refractivity contribution in [2.24, 2.45) is 16.8 Å². The van der Waals surface area contributed by atoms with Crippen LogP contribution in [0.2, 0.25) is 0 Å². The molecule has 0 heterocycles. The molecule has 106 valence electrons. The molecule has 0 amide bonds. The Kier molecular flexibility index (Phi) is 6.15. The Hall–Kier alpha value is -1.75. The van der Waals surface area contributed by atoms with Gasteiger partial charge in [-0.25, -0.2) is 0 Å². The second-order valence-corrected chi connectivity index (χ2v) is 4.80. The van der Waals surface area contributed by atoms with Crippen molar-refractivity contribution in [3.8, 4) is 5.75 Å². The predicted molar refractivity (Wildman–Crippen MR) is 74.8 cm³/mol. The maximum absolute atomic E-state index is 8.76. The molecule has 0 fully saturated rings. The van der Waals surface area contributed by atoms with Crippen LogP contribution >= 0.6 is 0 Å². The van der Waals surface area contributed by atoms with E-state index in [-0.39, 0.29) is 5.84 Å². The van der Waals surface area contributed by atoms with Crippen molar-refractivity contribution < 1.29 is 14.7 Å². The van der Waals surface area contributed by atoms with Crippen molar-refractivity contribution in [3.05, 3.63) is 29.3 Å². The maximum Gasteiger partial charge on any atom is 0.173 e. The van der Waals surface area contributed by atoms with E-state index in [4.69, 9.17) is 20.4 Å². The molecule has 0 spiro atoms. The normalized spacial score (nSPS) is 11.9. The van der Waals surface area contributed by atoms with Gasteiger partial charge in [0, 0.05) is 6.61 Å². The Bertz CT molecular complexity index is 431. The van der Waals surface area contributed by atoms with Crippen LogP contribution in [0.5, 0.6) is 5.75 Å². The number of nitrogens with two attached hydrogens (primary N) is 1. The molecular weight excluding hydrogens is 244 g/mol. The number of ether oxygens (including phenoxy) is 2. The quantitative estimate of drug-likeness (QED) is 0.260. The predicted octanol–water partition coefficient (Wildman–Crippen LogP) is 2.14. The third kappa shape index (κ3) is 5.18. The Morgan fingerprint density at radius 1 is 1.37 bits per heavy atom. The van der Waals surface area contributed by atoms with E-state index >= 15 is 0 Å². The van der Waals surface area contributed by atoms with E-state index < -0.39 is 0 Å². The van der Waals surface area contributed by atoms with Gasteiger partial charge < -0.3 is 20.4 Å². The zero-order valence-electron chi connectivity index (χ0n) is 11.7. The minimum absolute atomic E-state index is 0.0433. The molecule has 0 unspecified atom stereocenters. The van der Waals surface area contributed by atoms with Crippen LogP contribution < -0.4 is 10.5 Å². The Morgan fingerprint density at radius 2 is 2.11 bits per heavy atom. The molecule has 19 heavy (non-hydrogen) atoms. The zero-order chi connectivity index (χ0) is 14.3. The minimum Gasteiger partial charge on any atom is -0.490 e. The summed E-state index contributed by atoms with van der Waals surface area (Å²) in [6.45, 7) is 7.78. The second-order valence-electron chi connectivity index (χ2n) is 4.80. The molecule has 0 saturated carbocycles. The largest absolute Gasteiger partial charge is 0.490 e. The number of hydrogen-bond acceptors (Lipinski definition) is 4. The molecule has 0 aromatic heterocycles. The van der Waals surface area contributed by atoms with Gasteiger partial charge in [0.1, 0.15) is 12.4 Å². The standard InChI is InChI=1S/C14H22N2O3/c1-10(2)9-18-6-7-19-13-5-4-11(3)8-12(13)14(15)16-17/h4-5,8,10,17H,6-7,9H2,1-3H3,(H2,15,16). The molecule has 0 bridgehead atoms. The molecule has 1 aromatic carbocycles. The van der Waals surface area contributed by atoms with Crippen molar-refractivity contribution in [2.75, 3.05) is 19.8 Å². The fraction of sp³-hybridized carbons (Fsp3) is 0.500. The fourth-order valence-electron chi connectivity index (χ4n) is 1.55.